The molecule has 2 amide bonds. The Morgan fingerprint density at radius 1 is 0.917 bits per heavy atom. The van der Waals surface area contributed by atoms with Crippen molar-refractivity contribution in [3.63, 3.8) is 0 Å². The summed E-state index contributed by atoms with van der Waals surface area (Å²) in [6.45, 7) is 0.592. The highest BCUT2D eigenvalue weighted by Crippen LogP contribution is 2.23. The predicted octanol–water partition coefficient (Wildman–Crippen LogP) is 4.77. The highest BCUT2D eigenvalue weighted by molar-refractivity contribution is 7.20. The van der Waals surface area contributed by atoms with E-state index in [2.05, 4.69) is 20.6 Å². The first kappa shape index (κ1) is 25.0. The number of unbranched alkanes of at least 4 members (excludes halogenated alkanes) is 1. The summed E-state index contributed by atoms with van der Waals surface area (Å²) in [5.41, 5.74) is 1.90. The Morgan fingerprint density at radius 3 is 2.47 bits per heavy atom. The number of alkyl carbamates (subject to hydrolysis) is 1. The van der Waals surface area contributed by atoms with Crippen molar-refractivity contribution in [3.8, 4) is 0 Å². The molecule has 0 aliphatic carbocycles. The lowest BCUT2D eigenvalue weighted by atomic mass is 10.0. The Bertz CT molecular complexity index is 1280. The number of pyridine rings is 1. The Morgan fingerprint density at radius 2 is 1.69 bits per heavy atom. The Balaban J connectivity index is 1.31. The fourth-order valence-electron chi connectivity index (χ4n) is 3.56. The summed E-state index contributed by atoms with van der Waals surface area (Å²) < 4.78 is 6.12. The van der Waals surface area contributed by atoms with Gasteiger partial charge in [0.2, 0.25) is 5.78 Å². The van der Waals surface area contributed by atoms with Crippen molar-refractivity contribution in [2.45, 2.75) is 31.9 Å². The molecule has 8 nitrogen and oxygen atoms in total. The molecule has 36 heavy (non-hydrogen) atoms. The van der Waals surface area contributed by atoms with Gasteiger partial charge in [0, 0.05) is 12.7 Å². The largest absolute Gasteiger partial charge is 0.445 e. The molecule has 0 spiro atoms. The van der Waals surface area contributed by atoms with Gasteiger partial charge in [0.1, 0.15) is 12.3 Å². The number of carbonyl (C=O) groups excluding carboxylic acids is 3. The topological polar surface area (TPSA) is 110 Å². The van der Waals surface area contributed by atoms with E-state index in [-0.39, 0.29) is 18.1 Å². The predicted molar refractivity (Wildman–Crippen MR) is 138 cm³/mol. The second-order valence-electron chi connectivity index (χ2n) is 8.08. The average Bonchev–Trinajstić information content (AvgIpc) is 3.36. The molecule has 0 saturated carbocycles. The van der Waals surface area contributed by atoms with Crippen LogP contribution in [0.5, 0.6) is 0 Å². The number of para-hydroxylation sites is 1. The van der Waals surface area contributed by atoms with Crippen molar-refractivity contribution in [3.05, 3.63) is 95.3 Å². The number of rotatable bonds is 11. The van der Waals surface area contributed by atoms with E-state index in [0.717, 1.165) is 15.8 Å². The van der Waals surface area contributed by atoms with Crippen LogP contribution in [0.2, 0.25) is 0 Å². The van der Waals surface area contributed by atoms with Gasteiger partial charge in [0.05, 0.1) is 16.3 Å². The van der Waals surface area contributed by atoms with Crippen LogP contribution in [0.4, 0.5) is 4.79 Å². The van der Waals surface area contributed by atoms with Crippen molar-refractivity contribution in [2.24, 2.45) is 0 Å². The third-order valence-electron chi connectivity index (χ3n) is 5.43. The molecule has 0 saturated heterocycles. The van der Waals surface area contributed by atoms with E-state index < -0.39 is 18.0 Å². The first-order chi connectivity index (χ1) is 17.6. The number of fused-ring (bicyclic) bond motifs is 1. The van der Waals surface area contributed by atoms with E-state index in [1.807, 2.05) is 54.6 Å². The number of Topliss-reactive ketones (excluding diaryl/α,β-unsaturated/α-hetero) is 1. The number of nitrogens with zero attached hydrogens (tertiary/aromatic N) is 2. The minimum absolute atomic E-state index is 0.199. The van der Waals surface area contributed by atoms with E-state index in [4.69, 9.17) is 4.74 Å². The molecule has 184 valence electrons. The van der Waals surface area contributed by atoms with Crippen LogP contribution >= 0.6 is 11.3 Å². The van der Waals surface area contributed by atoms with Crippen molar-refractivity contribution >= 4 is 39.3 Å². The third-order valence-corrected chi connectivity index (χ3v) is 6.48. The van der Waals surface area contributed by atoms with Gasteiger partial charge in [-0.25, -0.2) is 9.78 Å². The standard InChI is InChI=1S/C27H26N4O4S/c32-24(26-31-20-12-4-5-15-23(20)36-26)21(30-25(33)22-14-7-8-16-28-22)13-6-9-17-29-27(34)35-18-19-10-2-1-3-11-19/h1-5,7-8,10-12,14-16,21H,6,9,13,17-18H2,(H,29,34)(H,30,33). The summed E-state index contributed by atoms with van der Waals surface area (Å²) in [5, 5.41) is 5.89. The van der Waals surface area contributed by atoms with Crippen molar-refractivity contribution in [1.29, 1.82) is 0 Å². The average molecular weight is 503 g/mol. The van der Waals surface area contributed by atoms with Gasteiger partial charge < -0.3 is 15.4 Å². The molecule has 1 atom stereocenters. The molecular formula is C27H26N4O4S. The lowest BCUT2D eigenvalue weighted by molar-refractivity contribution is 0.0848. The molecule has 9 heteroatoms. The number of hydrogen-bond acceptors (Lipinski definition) is 7. The summed E-state index contributed by atoms with van der Waals surface area (Å²) >= 11 is 1.31. The monoisotopic (exact) mass is 502 g/mol. The Hall–Kier alpha value is -4.11. The van der Waals surface area contributed by atoms with Crippen LogP contribution in [-0.2, 0) is 11.3 Å². The molecule has 4 rings (SSSR count). The molecule has 0 fully saturated rings. The highest BCUT2D eigenvalue weighted by Gasteiger charge is 2.25. The molecule has 0 aliphatic heterocycles. The summed E-state index contributed by atoms with van der Waals surface area (Å²) in [6.07, 6.45) is 2.65. The van der Waals surface area contributed by atoms with Crippen molar-refractivity contribution in [1.82, 2.24) is 20.6 Å². The molecular weight excluding hydrogens is 476 g/mol. The molecule has 0 bridgehead atoms. The quantitative estimate of drug-likeness (QED) is 0.226. The van der Waals surface area contributed by atoms with Crippen LogP contribution in [0.15, 0.2) is 79.0 Å². The van der Waals surface area contributed by atoms with Gasteiger partial charge in [-0.1, -0.05) is 48.5 Å². The molecule has 0 radical (unpaired) electrons. The highest BCUT2D eigenvalue weighted by atomic mass is 32.1. The molecule has 2 aromatic heterocycles. The van der Waals surface area contributed by atoms with Gasteiger partial charge in [0.15, 0.2) is 5.01 Å². The van der Waals surface area contributed by atoms with E-state index in [0.29, 0.717) is 30.8 Å². The smallest absolute Gasteiger partial charge is 0.407 e. The number of aromatic nitrogens is 2. The van der Waals surface area contributed by atoms with E-state index in [1.165, 1.54) is 17.5 Å². The summed E-state index contributed by atoms with van der Waals surface area (Å²) in [6, 6.07) is 21.2. The Labute approximate surface area is 212 Å². The Kier molecular flexibility index (Phi) is 8.72. The van der Waals surface area contributed by atoms with Crippen LogP contribution < -0.4 is 10.6 Å². The van der Waals surface area contributed by atoms with E-state index >= 15 is 0 Å². The van der Waals surface area contributed by atoms with E-state index in [1.54, 1.807) is 18.2 Å². The molecule has 2 N–H and O–H groups in total. The fraction of sp³-hybridized carbons (Fsp3) is 0.222. The molecule has 2 heterocycles. The maximum atomic E-state index is 13.3. The van der Waals surface area contributed by atoms with Crippen LogP contribution in [-0.4, -0.2) is 40.3 Å². The van der Waals surface area contributed by atoms with Crippen molar-refractivity contribution in [2.75, 3.05) is 6.54 Å². The normalized spacial score (nSPS) is 11.6. The number of hydrogen-bond donors (Lipinski definition) is 2. The van der Waals surface area contributed by atoms with Crippen molar-refractivity contribution < 1.29 is 19.1 Å². The van der Waals surface area contributed by atoms with Gasteiger partial charge >= 0.3 is 6.09 Å². The maximum absolute atomic E-state index is 13.3. The first-order valence-corrected chi connectivity index (χ1v) is 12.5. The minimum atomic E-state index is -0.759. The van der Waals surface area contributed by atoms with Gasteiger partial charge in [-0.05, 0) is 49.1 Å². The number of thiazole rings is 1. The van der Waals surface area contributed by atoms with Crippen LogP contribution in [0.3, 0.4) is 0 Å². The molecule has 1 unspecified atom stereocenters. The van der Waals surface area contributed by atoms with E-state index in [9.17, 15) is 14.4 Å². The number of amides is 2. The third kappa shape index (κ3) is 6.96. The summed E-state index contributed by atoms with van der Waals surface area (Å²) in [4.78, 5) is 46.5. The lowest BCUT2D eigenvalue weighted by Gasteiger charge is -2.16. The maximum Gasteiger partial charge on any atom is 0.407 e. The zero-order valence-corrected chi connectivity index (χ0v) is 20.4. The zero-order chi connectivity index (χ0) is 25.2. The summed E-state index contributed by atoms with van der Waals surface area (Å²) in [7, 11) is 0. The fourth-order valence-corrected chi connectivity index (χ4v) is 4.52. The summed E-state index contributed by atoms with van der Waals surface area (Å²) in [5.74, 6) is -0.659. The second kappa shape index (κ2) is 12.6. The van der Waals surface area contributed by atoms with Crippen LogP contribution in [0.25, 0.3) is 10.2 Å². The minimum Gasteiger partial charge on any atom is -0.445 e. The number of ether oxygens (including phenoxy) is 1. The number of nitrogens with one attached hydrogen (secondary N) is 2. The van der Waals surface area contributed by atoms with Gasteiger partial charge in [-0.3, -0.25) is 14.6 Å². The first-order valence-electron chi connectivity index (χ1n) is 11.7. The number of carbonyl (C=O) groups is 3. The SMILES string of the molecule is O=C(NCCCCC(NC(=O)c1ccccn1)C(=O)c1nc2ccccc2s1)OCc1ccccc1. The lowest BCUT2D eigenvalue weighted by Crippen LogP contribution is -2.41. The van der Waals surface area contributed by atoms with Gasteiger partial charge in [0.25, 0.3) is 5.91 Å². The van der Waals surface area contributed by atoms with Crippen LogP contribution in [0, 0.1) is 0 Å². The number of ketones is 1. The molecule has 0 aliphatic rings. The number of benzene rings is 2. The second-order valence-corrected chi connectivity index (χ2v) is 9.11. The molecule has 2 aromatic carbocycles. The van der Waals surface area contributed by atoms with Gasteiger partial charge in [-0.15, -0.1) is 11.3 Å². The zero-order valence-electron chi connectivity index (χ0n) is 19.6. The molecule has 4 aromatic rings. The van der Waals surface area contributed by atoms with Crippen LogP contribution in [0.1, 0.15) is 45.1 Å². The van der Waals surface area contributed by atoms with Gasteiger partial charge in [-0.2, -0.15) is 0 Å².